The number of likely N-dealkylation sites (tertiary alicyclic amines) is 1. The number of allylic oxidation sites excluding steroid dienone is 1. The topological polar surface area (TPSA) is 104 Å². The van der Waals surface area contributed by atoms with Crippen LogP contribution in [0.2, 0.25) is 0 Å². The fourth-order valence-electron chi connectivity index (χ4n) is 5.77. The minimum absolute atomic E-state index is 0.158. The van der Waals surface area contributed by atoms with E-state index >= 15 is 0 Å². The number of rotatable bonds is 7. The molecule has 0 spiro atoms. The molecule has 2 aromatic heterocycles. The number of carbonyl (C=O) groups excluding carboxylic acids is 3. The van der Waals surface area contributed by atoms with Crippen molar-refractivity contribution < 1.29 is 23.5 Å². The lowest BCUT2D eigenvalue weighted by molar-refractivity contribution is -0.130. The number of thiophene rings is 1. The van der Waals surface area contributed by atoms with Gasteiger partial charge < -0.3 is 20.3 Å². The molecule has 4 aromatic rings. The highest BCUT2D eigenvalue weighted by Gasteiger charge is 2.35. The molecule has 2 N–H and O–H groups in total. The van der Waals surface area contributed by atoms with Gasteiger partial charge in [0.05, 0.1) is 22.4 Å². The van der Waals surface area contributed by atoms with E-state index in [1.54, 1.807) is 17.2 Å². The van der Waals surface area contributed by atoms with E-state index in [0.29, 0.717) is 63.0 Å². The van der Waals surface area contributed by atoms with E-state index in [4.69, 9.17) is 4.74 Å². The van der Waals surface area contributed by atoms with E-state index in [1.165, 1.54) is 22.3 Å². The van der Waals surface area contributed by atoms with Gasteiger partial charge in [-0.25, -0.2) is 14.2 Å². The van der Waals surface area contributed by atoms with E-state index in [1.807, 2.05) is 55.5 Å². The molecule has 44 heavy (non-hydrogen) atoms. The zero-order valence-corrected chi connectivity index (χ0v) is 24.8. The van der Waals surface area contributed by atoms with Crippen molar-refractivity contribution in [2.24, 2.45) is 5.92 Å². The number of para-hydroxylation sites is 1. The quantitative estimate of drug-likeness (QED) is 0.218. The van der Waals surface area contributed by atoms with Gasteiger partial charge in [-0.1, -0.05) is 18.2 Å². The number of anilines is 3. The van der Waals surface area contributed by atoms with E-state index in [2.05, 4.69) is 15.6 Å². The average molecular weight is 612 g/mol. The Morgan fingerprint density at radius 2 is 1.91 bits per heavy atom. The van der Waals surface area contributed by atoms with Gasteiger partial charge in [0.25, 0.3) is 11.8 Å². The van der Waals surface area contributed by atoms with Crippen LogP contribution in [0.4, 0.5) is 26.2 Å². The fourth-order valence-corrected chi connectivity index (χ4v) is 6.80. The van der Waals surface area contributed by atoms with E-state index in [-0.39, 0.29) is 24.4 Å². The van der Waals surface area contributed by atoms with Crippen molar-refractivity contribution in [3.63, 3.8) is 0 Å². The van der Waals surface area contributed by atoms with Crippen LogP contribution < -0.4 is 20.3 Å². The summed E-state index contributed by atoms with van der Waals surface area (Å²) >= 11 is 1.20. The summed E-state index contributed by atoms with van der Waals surface area (Å²) in [6.07, 6.45) is 6.18. The Balaban J connectivity index is 1.12. The smallest absolute Gasteiger partial charge is 0.331 e. The summed E-state index contributed by atoms with van der Waals surface area (Å²) in [5.41, 5.74) is 2.54. The lowest BCUT2D eigenvalue weighted by Crippen LogP contribution is -2.49. The number of hydrogen-bond acceptors (Lipinski definition) is 6. The van der Waals surface area contributed by atoms with Gasteiger partial charge in [0.2, 0.25) is 0 Å². The highest BCUT2D eigenvalue weighted by atomic mass is 32.1. The SMILES string of the molecule is Cc1cc(Oc2ccccc2)ccc1N1C(=O)Nc2c(C(=O)NC3CCCN(C(=O)C(F)=CC4CC4)C3)sc3nccc1c23. The Morgan fingerprint density at radius 3 is 2.68 bits per heavy atom. The molecular formula is C33H30FN5O4S. The Labute approximate surface area is 257 Å². The van der Waals surface area contributed by atoms with Crippen molar-refractivity contribution in [3.05, 3.63) is 83.1 Å². The molecule has 2 aliphatic heterocycles. The first kappa shape index (κ1) is 28.0. The molecule has 0 radical (unpaired) electrons. The van der Waals surface area contributed by atoms with Crippen molar-refractivity contribution in [1.29, 1.82) is 0 Å². The van der Waals surface area contributed by atoms with Crippen LogP contribution in [0.3, 0.4) is 0 Å². The predicted octanol–water partition coefficient (Wildman–Crippen LogP) is 7.06. The molecule has 0 bridgehead atoms. The summed E-state index contributed by atoms with van der Waals surface area (Å²) in [6.45, 7) is 2.58. The van der Waals surface area contributed by atoms with Gasteiger partial charge in [-0.05, 0) is 86.6 Å². The first-order valence-corrected chi connectivity index (χ1v) is 15.5. The Hall–Kier alpha value is -4.77. The van der Waals surface area contributed by atoms with Crippen LogP contribution in [0.15, 0.2) is 72.7 Å². The fraction of sp³-hybridized carbons (Fsp3) is 0.273. The van der Waals surface area contributed by atoms with Gasteiger partial charge in [-0.2, -0.15) is 0 Å². The first-order valence-electron chi connectivity index (χ1n) is 14.7. The van der Waals surface area contributed by atoms with Crippen molar-refractivity contribution in [3.8, 4) is 11.5 Å². The molecule has 1 atom stereocenters. The van der Waals surface area contributed by atoms with Gasteiger partial charge >= 0.3 is 6.03 Å². The van der Waals surface area contributed by atoms with Gasteiger partial charge in [0.15, 0.2) is 5.83 Å². The third-order valence-corrected chi connectivity index (χ3v) is 9.19. The molecule has 2 aromatic carbocycles. The molecule has 4 heterocycles. The number of nitrogens with one attached hydrogen (secondary N) is 2. The van der Waals surface area contributed by atoms with E-state index in [0.717, 1.165) is 18.4 Å². The third-order valence-electron chi connectivity index (χ3n) is 8.09. The summed E-state index contributed by atoms with van der Waals surface area (Å²) in [4.78, 5) is 48.3. The van der Waals surface area contributed by atoms with E-state index < -0.39 is 17.8 Å². The Morgan fingerprint density at radius 1 is 1.09 bits per heavy atom. The highest BCUT2D eigenvalue weighted by molar-refractivity contribution is 7.21. The minimum atomic E-state index is -0.715. The van der Waals surface area contributed by atoms with Crippen LogP contribution in [-0.4, -0.2) is 46.9 Å². The van der Waals surface area contributed by atoms with Gasteiger partial charge in [0, 0.05) is 25.3 Å². The molecule has 4 amide bonds. The normalized spacial score (nSPS) is 18.3. The predicted molar refractivity (Wildman–Crippen MR) is 167 cm³/mol. The molecule has 2 fully saturated rings. The minimum Gasteiger partial charge on any atom is -0.457 e. The number of hydrogen-bond donors (Lipinski definition) is 2. The molecule has 9 nitrogen and oxygen atoms in total. The number of aryl methyl sites for hydroxylation is 1. The number of urea groups is 1. The second-order valence-electron chi connectivity index (χ2n) is 11.4. The molecule has 3 aliphatic rings. The molecule has 1 saturated carbocycles. The molecule has 224 valence electrons. The maximum absolute atomic E-state index is 14.4. The average Bonchev–Trinajstić information content (AvgIpc) is 3.76. The summed E-state index contributed by atoms with van der Waals surface area (Å²) in [5, 5.41) is 6.62. The second kappa shape index (κ2) is 11.4. The van der Waals surface area contributed by atoms with Crippen LogP contribution in [-0.2, 0) is 4.79 Å². The number of amides is 4. The largest absolute Gasteiger partial charge is 0.457 e. The lowest BCUT2D eigenvalue weighted by Gasteiger charge is -2.33. The van der Waals surface area contributed by atoms with Crippen molar-refractivity contribution in [2.75, 3.05) is 23.3 Å². The number of ether oxygens (including phenoxy) is 1. The van der Waals surface area contributed by atoms with Crippen molar-refractivity contribution in [2.45, 2.75) is 38.6 Å². The van der Waals surface area contributed by atoms with Gasteiger partial charge in [-0.15, -0.1) is 11.3 Å². The Bertz CT molecular complexity index is 1820. The summed E-state index contributed by atoms with van der Waals surface area (Å²) in [7, 11) is 0. The monoisotopic (exact) mass is 611 g/mol. The van der Waals surface area contributed by atoms with Crippen molar-refractivity contribution >= 4 is 56.5 Å². The van der Waals surface area contributed by atoms with Crippen LogP contribution in [0.5, 0.6) is 11.5 Å². The standard InChI is InChI=1S/C33H30FN5O4S/c1-19-16-23(43-22-7-3-2-4-8-22)11-12-25(19)39-26-13-14-35-31-27(26)28(37-33(39)42)29(44-31)30(40)36-21-6-5-15-38(18-21)32(41)24(34)17-20-9-10-20/h2-4,7-8,11-14,16-17,20-21H,5-6,9-10,15,18H2,1H3,(H,36,40)(H,37,42). The number of piperidine rings is 1. The zero-order valence-electron chi connectivity index (χ0n) is 24.0. The molecule has 1 unspecified atom stereocenters. The van der Waals surface area contributed by atoms with Crippen LogP contribution in [0.1, 0.15) is 40.9 Å². The summed E-state index contributed by atoms with van der Waals surface area (Å²) < 4.78 is 20.4. The molecular weight excluding hydrogens is 581 g/mol. The number of halogens is 1. The van der Waals surface area contributed by atoms with Crippen molar-refractivity contribution in [1.82, 2.24) is 15.2 Å². The van der Waals surface area contributed by atoms with Crippen LogP contribution >= 0.6 is 11.3 Å². The van der Waals surface area contributed by atoms with E-state index in [9.17, 15) is 18.8 Å². The third kappa shape index (κ3) is 5.39. The number of carbonyl (C=O) groups is 3. The zero-order chi connectivity index (χ0) is 30.4. The Kier molecular flexibility index (Phi) is 7.25. The van der Waals surface area contributed by atoms with Gasteiger partial charge in [-0.3, -0.25) is 14.5 Å². The lowest BCUT2D eigenvalue weighted by atomic mass is 10.0. The molecule has 11 heteroatoms. The maximum atomic E-state index is 14.4. The number of nitrogens with zero attached hydrogens (tertiary/aromatic N) is 3. The second-order valence-corrected chi connectivity index (χ2v) is 12.4. The van der Waals surface area contributed by atoms with Gasteiger partial charge in [0.1, 0.15) is 21.2 Å². The maximum Gasteiger partial charge on any atom is 0.331 e. The number of aromatic nitrogens is 1. The van der Waals surface area contributed by atoms with Crippen LogP contribution in [0, 0.1) is 12.8 Å². The highest BCUT2D eigenvalue weighted by Crippen LogP contribution is 2.46. The van der Waals surface area contributed by atoms with Crippen LogP contribution in [0.25, 0.3) is 10.2 Å². The molecule has 1 saturated heterocycles. The summed E-state index contributed by atoms with van der Waals surface area (Å²) in [6, 6.07) is 16.0. The number of benzene rings is 2. The number of pyridine rings is 1. The molecule has 7 rings (SSSR count). The summed E-state index contributed by atoms with van der Waals surface area (Å²) in [5.74, 6) is -0.184. The first-order chi connectivity index (χ1) is 21.4. The molecule has 1 aliphatic carbocycles.